The van der Waals surface area contributed by atoms with Crippen LogP contribution in [0.25, 0.3) is 0 Å². The number of hydrogen-bond donors (Lipinski definition) is 2. The molecule has 10 heavy (non-hydrogen) atoms. The second-order valence-electron chi connectivity index (χ2n) is 2.42. The molecule has 0 aliphatic heterocycles. The van der Waals surface area contributed by atoms with E-state index < -0.39 is 0 Å². The molecule has 3 N–H and O–H groups in total. The van der Waals surface area contributed by atoms with Crippen molar-refractivity contribution in [3.63, 3.8) is 0 Å². The summed E-state index contributed by atoms with van der Waals surface area (Å²) in [6.45, 7) is 4.08. The summed E-state index contributed by atoms with van der Waals surface area (Å²) in [5.74, 6) is 6.36. The van der Waals surface area contributed by atoms with Crippen LogP contribution in [-0.2, 0) is 0 Å². The molecule has 4 heteroatoms. The first kappa shape index (κ1) is 9.23. The van der Waals surface area contributed by atoms with Crippen LogP contribution < -0.4 is 11.3 Å². The van der Waals surface area contributed by atoms with Gasteiger partial charge in [0.15, 0.2) is 0 Å². The highest BCUT2D eigenvalue weighted by atomic mass is 15.5. The van der Waals surface area contributed by atoms with Gasteiger partial charge in [0.05, 0.1) is 0 Å². The molecule has 0 unspecified atom stereocenters. The molecule has 0 atom stereocenters. The highest BCUT2D eigenvalue weighted by Gasteiger charge is 2.07. The molecule has 0 rings (SSSR count). The first-order chi connectivity index (χ1) is 4.63. The normalized spacial score (nSPS) is 12.3. The fourth-order valence-corrected chi connectivity index (χ4v) is 0.738. The second-order valence-corrected chi connectivity index (χ2v) is 2.42. The number of rotatable bonds is 2. The zero-order valence-corrected chi connectivity index (χ0v) is 7.05. The molecule has 60 valence electrons. The van der Waals surface area contributed by atoms with Gasteiger partial charge in [0.25, 0.3) is 0 Å². The van der Waals surface area contributed by atoms with Gasteiger partial charge < -0.3 is 5.84 Å². The zero-order valence-electron chi connectivity index (χ0n) is 7.05. The van der Waals surface area contributed by atoms with Crippen molar-refractivity contribution in [2.75, 3.05) is 14.1 Å². The van der Waals surface area contributed by atoms with Gasteiger partial charge in [-0.05, 0) is 0 Å². The number of hydrogen-bond acceptors (Lipinski definition) is 3. The van der Waals surface area contributed by atoms with Crippen molar-refractivity contribution in [3.8, 4) is 0 Å². The fourth-order valence-electron chi connectivity index (χ4n) is 0.738. The third-order valence-electron chi connectivity index (χ3n) is 1.33. The molecule has 0 spiro atoms. The van der Waals surface area contributed by atoms with Gasteiger partial charge in [-0.15, -0.1) is 0 Å². The Hall–Kier alpha value is -0.770. The monoisotopic (exact) mass is 144 g/mol. The number of amidine groups is 1. The molecule has 0 aliphatic rings. The summed E-state index contributed by atoms with van der Waals surface area (Å²) in [6, 6.07) is 0. The van der Waals surface area contributed by atoms with Crippen LogP contribution in [0.5, 0.6) is 0 Å². The Balaban J connectivity index is 4.08. The Morgan fingerprint density at radius 2 is 2.10 bits per heavy atom. The molecule has 0 aromatic heterocycles. The van der Waals surface area contributed by atoms with Crippen LogP contribution in [0.1, 0.15) is 13.8 Å². The number of nitrogens with zero attached hydrogens (tertiary/aromatic N) is 2. The third kappa shape index (κ3) is 2.23. The Kier molecular flexibility index (Phi) is 3.79. The average Bonchev–Trinajstić information content (AvgIpc) is 1.88. The maximum absolute atomic E-state index is 5.16. The average molecular weight is 144 g/mol. The molecule has 0 aromatic rings. The van der Waals surface area contributed by atoms with E-state index >= 15 is 0 Å². The quantitative estimate of drug-likeness (QED) is 0.248. The number of nitrogens with two attached hydrogens (primary N) is 1. The number of hydrazone groups is 1. The first-order valence-corrected chi connectivity index (χ1v) is 3.32. The van der Waals surface area contributed by atoms with E-state index in [9.17, 15) is 0 Å². The van der Waals surface area contributed by atoms with Crippen LogP contribution >= 0.6 is 0 Å². The van der Waals surface area contributed by atoms with Crippen molar-refractivity contribution in [1.82, 2.24) is 10.4 Å². The summed E-state index contributed by atoms with van der Waals surface area (Å²) < 4.78 is 0. The molecular formula is C6H16N4. The van der Waals surface area contributed by atoms with Crippen LogP contribution in [0, 0.1) is 5.92 Å². The molecule has 0 heterocycles. The lowest BCUT2D eigenvalue weighted by Crippen LogP contribution is -2.40. The van der Waals surface area contributed by atoms with E-state index in [0.717, 1.165) is 5.84 Å². The highest BCUT2D eigenvalue weighted by molar-refractivity contribution is 5.83. The van der Waals surface area contributed by atoms with E-state index in [-0.39, 0.29) is 0 Å². The summed E-state index contributed by atoms with van der Waals surface area (Å²) in [5, 5.41) is 5.43. The predicted molar refractivity (Wildman–Crippen MR) is 43.3 cm³/mol. The topological polar surface area (TPSA) is 53.6 Å². The van der Waals surface area contributed by atoms with Crippen LogP contribution in [-0.4, -0.2) is 24.9 Å². The molecule has 0 saturated heterocycles. The molecule has 0 saturated carbocycles. The predicted octanol–water partition coefficient (Wildman–Crippen LogP) is -0.0192. The van der Waals surface area contributed by atoms with E-state index in [1.54, 1.807) is 5.01 Å². The Morgan fingerprint density at radius 3 is 2.20 bits per heavy atom. The molecular weight excluding hydrogens is 128 g/mol. The van der Waals surface area contributed by atoms with Crippen molar-refractivity contribution in [2.24, 2.45) is 16.9 Å². The van der Waals surface area contributed by atoms with Gasteiger partial charge >= 0.3 is 0 Å². The van der Waals surface area contributed by atoms with Gasteiger partial charge in [-0.2, -0.15) is 5.10 Å². The molecule has 4 nitrogen and oxygen atoms in total. The summed E-state index contributed by atoms with van der Waals surface area (Å²) in [4.78, 5) is 0. The second kappa shape index (κ2) is 4.11. The summed E-state index contributed by atoms with van der Waals surface area (Å²) in [6.07, 6.45) is 0. The van der Waals surface area contributed by atoms with Gasteiger partial charge in [0.1, 0.15) is 5.84 Å². The first-order valence-electron chi connectivity index (χ1n) is 3.32. The highest BCUT2D eigenvalue weighted by Crippen LogP contribution is 1.97. The Labute approximate surface area is 62.0 Å². The van der Waals surface area contributed by atoms with Crippen LogP contribution in [0.3, 0.4) is 0 Å². The largest absolute Gasteiger partial charge is 0.322 e. The standard InChI is InChI=1S/C6H16N4/c1-5(2)6(9-7)10(4)8-3/h5,8H,7H2,1-4H3/b9-6-. The lowest BCUT2D eigenvalue weighted by molar-refractivity contribution is 0.388. The molecule has 0 aromatic carbocycles. The minimum absolute atomic E-state index is 0.349. The van der Waals surface area contributed by atoms with E-state index in [4.69, 9.17) is 5.84 Å². The fraction of sp³-hybridized carbons (Fsp3) is 0.833. The van der Waals surface area contributed by atoms with Gasteiger partial charge in [0, 0.05) is 20.0 Å². The minimum Gasteiger partial charge on any atom is -0.322 e. The van der Waals surface area contributed by atoms with Crippen molar-refractivity contribution >= 4 is 5.84 Å². The van der Waals surface area contributed by atoms with Gasteiger partial charge in [0.2, 0.25) is 0 Å². The summed E-state index contributed by atoms with van der Waals surface area (Å²) >= 11 is 0. The van der Waals surface area contributed by atoms with E-state index in [1.165, 1.54) is 0 Å². The summed E-state index contributed by atoms with van der Waals surface area (Å²) in [5.41, 5.74) is 2.92. The molecule has 0 bridgehead atoms. The molecule has 0 aliphatic carbocycles. The third-order valence-corrected chi connectivity index (χ3v) is 1.33. The Bertz CT molecular complexity index is 119. The summed E-state index contributed by atoms with van der Waals surface area (Å²) in [7, 11) is 3.71. The minimum atomic E-state index is 0.349. The zero-order chi connectivity index (χ0) is 8.15. The number of nitrogens with one attached hydrogen (secondary N) is 1. The van der Waals surface area contributed by atoms with Gasteiger partial charge in [-0.25, -0.2) is 5.43 Å². The Morgan fingerprint density at radius 1 is 1.60 bits per heavy atom. The lowest BCUT2D eigenvalue weighted by Gasteiger charge is -2.21. The van der Waals surface area contributed by atoms with Crippen LogP contribution in [0.15, 0.2) is 5.10 Å². The smallest absolute Gasteiger partial charge is 0.140 e. The van der Waals surface area contributed by atoms with Crippen molar-refractivity contribution < 1.29 is 0 Å². The molecule has 0 fully saturated rings. The number of hydrazine groups is 1. The van der Waals surface area contributed by atoms with E-state index in [1.807, 2.05) is 27.9 Å². The van der Waals surface area contributed by atoms with Crippen LogP contribution in [0.4, 0.5) is 0 Å². The van der Waals surface area contributed by atoms with Crippen molar-refractivity contribution in [3.05, 3.63) is 0 Å². The maximum atomic E-state index is 5.16. The van der Waals surface area contributed by atoms with Crippen molar-refractivity contribution in [1.29, 1.82) is 0 Å². The molecule has 0 amide bonds. The molecule has 0 radical (unpaired) electrons. The van der Waals surface area contributed by atoms with Crippen molar-refractivity contribution in [2.45, 2.75) is 13.8 Å². The lowest BCUT2D eigenvalue weighted by atomic mass is 10.2. The van der Waals surface area contributed by atoms with E-state index in [2.05, 4.69) is 10.5 Å². The van der Waals surface area contributed by atoms with Gasteiger partial charge in [-0.1, -0.05) is 13.8 Å². The van der Waals surface area contributed by atoms with E-state index in [0.29, 0.717) is 5.92 Å². The van der Waals surface area contributed by atoms with Gasteiger partial charge in [-0.3, -0.25) is 5.01 Å². The SMILES string of the molecule is CNN(C)/C(=N\N)C(C)C. The van der Waals surface area contributed by atoms with Crippen LogP contribution in [0.2, 0.25) is 0 Å². The maximum Gasteiger partial charge on any atom is 0.140 e.